The molecular weight excluding hydrogens is 277 g/mol. The minimum absolute atomic E-state index is 0.0383. The Labute approximate surface area is 120 Å². The van der Waals surface area contributed by atoms with Crippen molar-refractivity contribution < 1.29 is 14.1 Å². The van der Waals surface area contributed by atoms with Crippen LogP contribution >= 0.6 is 0 Å². The number of ether oxygens (including phenoxy) is 1. The van der Waals surface area contributed by atoms with Gasteiger partial charge in [-0.2, -0.15) is 0 Å². The van der Waals surface area contributed by atoms with Crippen LogP contribution in [0, 0.1) is 15.9 Å². The van der Waals surface area contributed by atoms with Crippen LogP contribution in [0.5, 0.6) is 5.75 Å². The van der Waals surface area contributed by atoms with Gasteiger partial charge in [0.15, 0.2) is 11.6 Å². The third kappa shape index (κ3) is 3.19. The van der Waals surface area contributed by atoms with E-state index in [1.807, 2.05) is 0 Å². The first-order valence-electron chi connectivity index (χ1n) is 6.25. The zero-order valence-electron chi connectivity index (χ0n) is 11.3. The van der Waals surface area contributed by atoms with Crippen molar-refractivity contribution in [3.63, 3.8) is 0 Å². The van der Waals surface area contributed by atoms with Crippen LogP contribution in [0.2, 0.25) is 0 Å². The van der Waals surface area contributed by atoms with E-state index in [9.17, 15) is 14.5 Å². The van der Waals surface area contributed by atoms with E-state index < -0.39 is 10.7 Å². The average Bonchev–Trinajstić information content (AvgIpc) is 2.41. The average molecular weight is 291 g/mol. The largest absolute Gasteiger partial charge is 0.491 e. The first kappa shape index (κ1) is 14.6. The highest BCUT2D eigenvalue weighted by molar-refractivity contribution is 5.78. The van der Waals surface area contributed by atoms with Crippen LogP contribution in [0.4, 0.5) is 27.1 Å². The fourth-order valence-electron chi connectivity index (χ4n) is 1.87. The normalized spacial score (nSPS) is 10.2. The Balaban J connectivity index is 2.33. The quantitative estimate of drug-likeness (QED) is 0.500. The van der Waals surface area contributed by atoms with Gasteiger partial charge in [-0.3, -0.25) is 10.1 Å². The number of nitrogens with zero attached hydrogens (tertiary/aromatic N) is 1. The number of nitro benzene ring substituents is 1. The number of nitrogen functional groups attached to an aromatic ring is 1. The van der Waals surface area contributed by atoms with E-state index in [1.165, 1.54) is 24.3 Å². The molecule has 6 nitrogen and oxygen atoms in total. The molecule has 2 aromatic carbocycles. The minimum atomic E-state index is -0.581. The molecule has 0 aromatic heterocycles. The number of hydrogen-bond donors (Lipinski definition) is 2. The van der Waals surface area contributed by atoms with Crippen LogP contribution in [0.3, 0.4) is 0 Å². The number of halogens is 1. The monoisotopic (exact) mass is 291 g/mol. The van der Waals surface area contributed by atoms with Crippen LogP contribution in [0.15, 0.2) is 36.4 Å². The van der Waals surface area contributed by atoms with E-state index in [0.29, 0.717) is 12.3 Å². The topological polar surface area (TPSA) is 90.4 Å². The molecule has 0 aliphatic carbocycles. The summed E-state index contributed by atoms with van der Waals surface area (Å²) < 4.78 is 18.8. The molecule has 0 unspecified atom stereocenters. The first-order chi connectivity index (χ1) is 10.0. The maximum atomic E-state index is 13.8. The number of hydrogen-bond acceptors (Lipinski definition) is 5. The van der Waals surface area contributed by atoms with Gasteiger partial charge in [0, 0.05) is 11.8 Å². The highest BCUT2D eigenvalue weighted by Gasteiger charge is 2.18. The summed E-state index contributed by atoms with van der Waals surface area (Å²) in [5.41, 5.74) is 5.95. The Morgan fingerprint density at radius 2 is 2.14 bits per heavy atom. The molecule has 0 spiro atoms. The molecule has 0 bridgehead atoms. The summed E-state index contributed by atoms with van der Waals surface area (Å²) in [7, 11) is 0. The molecule has 0 amide bonds. The molecule has 0 radical (unpaired) electrons. The maximum absolute atomic E-state index is 13.8. The lowest BCUT2D eigenvalue weighted by atomic mass is 10.2. The highest BCUT2D eigenvalue weighted by Crippen LogP contribution is 2.33. The lowest BCUT2D eigenvalue weighted by molar-refractivity contribution is -0.383. The summed E-state index contributed by atoms with van der Waals surface area (Å²) in [6.07, 6.45) is 0. The number of nitrogens with one attached hydrogen (secondary N) is 1. The molecule has 0 atom stereocenters. The van der Waals surface area contributed by atoms with Gasteiger partial charge in [-0.15, -0.1) is 0 Å². The van der Waals surface area contributed by atoms with Crippen LogP contribution < -0.4 is 15.8 Å². The summed E-state index contributed by atoms with van der Waals surface area (Å²) >= 11 is 0. The van der Waals surface area contributed by atoms with Crippen LogP contribution in [-0.4, -0.2) is 11.5 Å². The molecule has 21 heavy (non-hydrogen) atoms. The SMILES string of the molecule is CCOc1ccc(Nc2cccc(N)c2[N+](=O)[O-])cc1F. The maximum Gasteiger partial charge on any atom is 0.315 e. The second-order valence-electron chi connectivity index (χ2n) is 4.20. The Bertz CT molecular complexity index is 677. The van der Waals surface area contributed by atoms with Gasteiger partial charge in [0.05, 0.1) is 11.5 Å². The Kier molecular flexibility index (Phi) is 4.22. The fourth-order valence-corrected chi connectivity index (χ4v) is 1.87. The standard InChI is InChI=1S/C14H14FN3O3/c1-2-21-13-7-6-9(8-10(13)15)17-12-5-3-4-11(16)14(12)18(19)20/h3-8,17H,2,16H2,1H3. The summed E-state index contributed by atoms with van der Waals surface area (Å²) in [6.45, 7) is 2.10. The van der Waals surface area contributed by atoms with Crippen molar-refractivity contribution in [3.8, 4) is 5.75 Å². The molecule has 3 N–H and O–H groups in total. The van der Waals surface area contributed by atoms with Crippen LogP contribution in [0.25, 0.3) is 0 Å². The molecule has 0 aliphatic heterocycles. The highest BCUT2D eigenvalue weighted by atomic mass is 19.1. The molecule has 0 heterocycles. The van der Waals surface area contributed by atoms with Crippen molar-refractivity contribution in [1.82, 2.24) is 0 Å². The van der Waals surface area contributed by atoms with Gasteiger partial charge < -0.3 is 15.8 Å². The zero-order valence-corrected chi connectivity index (χ0v) is 11.3. The van der Waals surface area contributed by atoms with E-state index >= 15 is 0 Å². The van der Waals surface area contributed by atoms with Crippen molar-refractivity contribution in [2.24, 2.45) is 0 Å². The number of nitro groups is 1. The predicted molar refractivity (Wildman–Crippen MR) is 78.4 cm³/mol. The summed E-state index contributed by atoms with van der Waals surface area (Å²) in [4.78, 5) is 10.4. The summed E-state index contributed by atoms with van der Waals surface area (Å²) in [6, 6.07) is 8.75. The zero-order chi connectivity index (χ0) is 15.4. The lowest BCUT2D eigenvalue weighted by Gasteiger charge is -2.10. The van der Waals surface area contributed by atoms with E-state index in [-0.39, 0.29) is 22.8 Å². The first-order valence-corrected chi connectivity index (χ1v) is 6.25. The number of nitrogens with two attached hydrogens (primary N) is 1. The van der Waals surface area contributed by atoms with Gasteiger partial charge in [0.1, 0.15) is 11.4 Å². The predicted octanol–water partition coefficient (Wildman–Crippen LogP) is 3.46. The van der Waals surface area contributed by atoms with Gasteiger partial charge in [0.2, 0.25) is 0 Å². The third-order valence-corrected chi connectivity index (χ3v) is 2.76. The lowest BCUT2D eigenvalue weighted by Crippen LogP contribution is -2.01. The molecule has 2 rings (SSSR count). The van der Waals surface area contributed by atoms with Crippen molar-refractivity contribution in [2.75, 3.05) is 17.7 Å². The van der Waals surface area contributed by atoms with E-state index in [0.717, 1.165) is 0 Å². The van der Waals surface area contributed by atoms with Gasteiger partial charge in [0.25, 0.3) is 0 Å². The van der Waals surface area contributed by atoms with Crippen molar-refractivity contribution in [1.29, 1.82) is 0 Å². The molecule has 0 saturated carbocycles. The Morgan fingerprint density at radius 3 is 2.76 bits per heavy atom. The molecule has 110 valence electrons. The van der Waals surface area contributed by atoms with E-state index in [4.69, 9.17) is 10.5 Å². The summed E-state index contributed by atoms with van der Waals surface area (Å²) in [5, 5.41) is 13.8. The van der Waals surface area contributed by atoms with Crippen LogP contribution in [0.1, 0.15) is 6.92 Å². The number of anilines is 3. The molecule has 0 aliphatic rings. The second-order valence-corrected chi connectivity index (χ2v) is 4.20. The molecule has 0 saturated heterocycles. The Morgan fingerprint density at radius 1 is 1.38 bits per heavy atom. The fraction of sp³-hybridized carbons (Fsp3) is 0.143. The molecular formula is C14H14FN3O3. The number of rotatable bonds is 5. The number of para-hydroxylation sites is 1. The van der Waals surface area contributed by atoms with Crippen molar-refractivity contribution in [3.05, 3.63) is 52.3 Å². The van der Waals surface area contributed by atoms with Crippen LogP contribution in [-0.2, 0) is 0 Å². The smallest absolute Gasteiger partial charge is 0.315 e. The Hall–Kier alpha value is -2.83. The minimum Gasteiger partial charge on any atom is -0.491 e. The molecule has 7 heteroatoms. The van der Waals surface area contributed by atoms with Gasteiger partial charge in [-0.05, 0) is 31.2 Å². The van der Waals surface area contributed by atoms with Crippen molar-refractivity contribution >= 4 is 22.7 Å². The molecule has 0 fully saturated rings. The van der Waals surface area contributed by atoms with E-state index in [2.05, 4.69) is 5.32 Å². The van der Waals surface area contributed by atoms with E-state index in [1.54, 1.807) is 19.1 Å². The van der Waals surface area contributed by atoms with Gasteiger partial charge in [-0.1, -0.05) is 6.07 Å². The molecule has 2 aromatic rings. The summed E-state index contributed by atoms with van der Waals surface area (Å²) in [5.74, 6) is -0.418. The number of benzene rings is 2. The second kappa shape index (κ2) is 6.08. The third-order valence-electron chi connectivity index (χ3n) is 2.76. The van der Waals surface area contributed by atoms with Gasteiger partial charge >= 0.3 is 5.69 Å². The van der Waals surface area contributed by atoms with Gasteiger partial charge in [-0.25, -0.2) is 4.39 Å². The van der Waals surface area contributed by atoms with Crippen molar-refractivity contribution in [2.45, 2.75) is 6.92 Å².